The van der Waals surface area contributed by atoms with Crippen molar-refractivity contribution in [3.63, 3.8) is 0 Å². The van der Waals surface area contributed by atoms with Gasteiger partial charge in [-0.1, -0.05) is 0 Å². The molecule has 4 heteroatoms. The van der Waals surface area contributed by atoms with Crippen LogP contribution < -0.4 is 5.32 Å². The number of rotatable bonds is 0. The maximum atomic E-state index is 10.8. The summed E-state index contributed by atoms with van der Waals surface area (Å²) >= 11 is 0. The van der Waals surface area contributed by atoms with E-state index in [9.17, 15) is 4.79 Å². The Morgan fingerprint density at radius 3 is 3.50 bits per heavy atom. The summed E-state index contributed by atoms with van der Waals surface area (Å²) in [4.78, 5) is 10.8. The summed E-state index contributed by atoms with van der Waals surface area (Å²) in [6.45, 7) is 0.973. The maximum Gasteiger partial charge on any atom is 0.242 e. The molecule has 1 N–H and O–H groups in total. The first-order valence-corrected chi connectivity index (χ1v) is 3.13. The van der Waals surface area contributed by atoms with Gasteiger partial charge in [-0.05, 0) is 6.07 Å². The summed E-state index contributed by atoms with van der Waals surface area (Å²) in [5, 5.41) is 6.69. The van der Waals surface area contributed by atoms with Gasteiger partial charge in [-0.2, -0.15) is 5.10 Å². The lowest BCUT2D eigenvalue weighted by Gasteiger charge is -2.13. The van der Waals surface area contributed by atoms with E-state index in [1.807, 2.05) is 6.07 Å². The van der Waals surface area contributed by atoms with Crippen molar-refractivity contribution in [2.75, 3.05) is 0 Å². The Labute approximate surface area is 57.8 Å². The van der Waals surface area contributed by atoms with Crippen molar-refractivity contribution in [3.05, 3.63) is 18.0 Å². The second-order valence-corrected chi connectivity index (χ2v) is 2.26. The van der Waals surface area contributed by atoms with Crippen molar-refractivity contribution < 1.29 is 4.79 Å². The molecule has 52 valence electrons. The summed E-state index contributed by atoms with van der Waals surface area (Å²) < 4.78 is 1.71. The van der Waals surface area contributed by atoms with Crippen LogP contribution in [0, 0.1) is 0 Å². The first kappa shape index (κ1) is 5.46. The highest BCUT2D eigenvalue weighted by atomic mass is 16.2. The van der Waals surface area contributed by atoms with Gasteiger partial charge < -0.3 is 5.32 Å². The van der Waals surface area contributed by atoms with Crippen LogP contribution in [-0.2, 0) is 17.9 Å². The average Bonchev–Trinajstić information content (AvgIpc) is 2.33. The van der Waals surface area contributed by atoms with Gasteiger partial charge in [0.2, 0.25) is 5.91 Å². The van der Waals surface area contributed by atoms with E-state index in [1.54, 1.807) is 10.9 Å². The van der Waals surface area contributed by atoms with Gasteiger partial charge in [0.25, 0.3) is 0 Å². The summed E-state index contributed by atoms with van der Waals surface area (Å²) in [6.07, 6.45) is 1.70. The fourth-order valence-electron chi connectivity index (χ4n) is 1.03. The van der Waals surface area contributed by atoms with E-state index in [1.165, 1.54) is 0 Å². The summed E-state index contributed by atoms with van der Waals surface area (Å²) in [5.41, 5.74) is 1.07. The number of aromatic nitrogens is 2. The summed E-state index contributed by atoms with van der Waals surface area (Å²) in [7, 11) is 0. The van der Waals surface area contributed by atoms with Crippen molar-refractivity contribution in [2.24, 2.45) is 0 Å². The molecule has 0 fully saturated rings. The van der Waals surface area contributed by atoms with E-state index in [0.29, 0.717) is 13.1 Å². The number of fused-ring (bicyclic) bond motifs is 1. The molecular formula is C6H7N3O. The van der Waals surface area contributed by atoms with Crippen LogP contribution in [0.15, 0.2) is 12.3 Å². The fraction of sp³-hybridized carbons (Fsp3) is 0.333. The zero-order valence-electron chi connectivity index (χ0n) is 5.37. The Bertz CT molecular complexity index is 266. The number of carbonyl (C=O) groups is 1. The third-order valence-electron chi connectivity index (χ3n) is 1.56. The van der Waals surface area contributed by atoms with Crippen LogP contribution >= 0.6 is 0 Å². The van der Waals surface area contributed by atoms with Crippen LogP contribution in [0.3, 0.4) is 0 Å². The maximum absolute atomic E-state index is 10.8. The van der Waals surface area contributed by atoms with Gasteiger partial charge in [0.1, 0.15) is 6.54 Å². The van der Waals surface area contributed by atoms with Crippen LogP contribution in [0.5, 0.6) is 0 Å². The standard InChI is InChI=1S/C6H7N3O/c10-6-4-9-5(3-7-6)1-2-8-9/h1-2H,3-4H2,(H,7,10). The monoisotopic (exact) mass is 137 g/mol. The van der Waals surface area contributed by atoms with E-state index < -0.39 is 0 Å². The zero-order chi connectivity index (χ0) is 6.97. The molecule has 1 aromatic rings. The van der Waals surface area contributed by atoms with Gasteiger partial charge in [0.05, 0.1) is 12.2 Å². The van der Waals surface area contributed by atoms with Gasteiger partial charge in [0, 0.05) is 6.20 Å². The Hall–Kier alpha value is -1.32. The lowest BCUT2D eigenvalue weighted by Crippen LogP contribution is -2.34. The second kappa shape index (κ2) is 1.83. The number of nitrogens with one attached hydrogen (secondary N) is 1. The lowest BCUT2D eigenvalue weighted by molar-refractivity contribution is -0.122. The topological polar surface area (TPSA) is 46.9 Å². The molecule has 0 spiro atoms. The van der Waals surface area contributed by atoms with Crippen LogP contribution in [0.4, 0.5) is 0 Å². The molecule has 0 saturated heterocycles. The van der Waals surface area contributed by atoms with Crippen molar-refractivity contribution in [1.29, 1.82) is 0 Å². The molecule has 0 aromatic carbocycles. The molecule has 0 unspecified atom stereocenters. The minimum atomic E-state index is 0.0381. The molecule has 4 nitrogen and oxygen atoms in total. The van der Waals surface area contributed by atoms with E-state index >= 15 is 0 Å². The summed E-state index contributed by atoms with van der Waals surface area (Å²) in [6, 6.07) is 1.90. The van der Waals surface area contributed by atoms with Gasteiger partial charge in [0.15, 0.2) is 0 Å². The minimum Gasteiger partial charge on any atom is -0.349 e. The average molecular weight is 137 g/mol. The van der Waals surface area contributed by atoms with Crippen LogP contribution in [0.1, 0.15) is 5.69 Å². The van der Waals surface area contributed by atoms with Gasteiger partial charge in [-0.3, -0.25) is 9.48 Å². The van der Waals surface area contributed by atoms with Crippen LogP contribution in [0.2, 0.25) is 0 Å². The first-order chi connectivity index (χ1) is 4.86. The quantitative estimate of drug-likeness (QED) is 0.524. The van der Waals surface area contributed by atoms with Crippen LogP contribution in [0.25, 0.3) is 0 Å². The molecule has 1 aliphatic rings. The van der Waals surface area contributed by atoms with Gasteiger partial charge >= 0.3 is 0 Å². The predicted octanol–water partition coefficient (Wildman–Crippen LogP) is -0.487. The Balaban J connectivity index is 2.39. The number of hydrogen-bond acceptors (Lipinski definition) is 2. The van der Waals surface area contributed by atoms with E-state index in [2.05, 4.69) is 10.4 Å². The highest BCUT2D eigenvalue weighted by Crippen LogP contribution is 2.01. The number of carbonyl (C=O) groups excluding carboxylic acids is 1. The van der Waals surface area contributed by atoms with E-state index in [4.69, 9.17) is 0 Å². The smallest absolute Gasteiger partial charge is 0.242 e. The Morgan fingerprint density at radius 2 is 2.60 bits per heavy atom. The number of amides is 1. The predicted molar refractivity (Wildman–Crippen MR) is 34.1 cm³/mol. The molecule has 0 atom stereocenters. The molecule has 2 rings (SSSR count). The van der Waals surface area contributed by atoms with Crippen molar-refractivity contribution in [2.45, 2.75) is 13.1 Å². The van der Waals surface area contributed by atoms with Gasteiger partial charge in [-0.25, -0.2) is 0 Å². The molecule has 0 aliphatic carbocycles. The Kier molecular flexibility index (Phi) is 1.00. The third kappa shape index (κ3) is 0.689. The number of hydrogen-bond donors (Lipinski definition) is 1. The molecule has 2 heterocycles. The van der Waals surface area contributed by atoms with Crippen molar-refractivity contribution in [1.82, 2.24) is 15.1 Å². The Morgan fingerprint density at radius 1 is 1.70 bits per heavy atom. The molecule has 0 saturated carbocycles. The highest BCUT2D eigenvalue weighted by molar-refractivity contribution is 5.76. The largest absolute Gasteiger partial charge is 0.349 e. The van der Waals surface area contributed by atoms with Crippen molar-refractivity contribution in [3.8, 4) is 0 Å². The molecule has 0 radical (unpaired) electrons. The fourth-order valence-corrected chi connectivity index (χ4v) is 1.03. The molecule has 1 aliphatic heterocycles. The second-order valence-electron chi connectivity index (χ2n) is 2.26. The van der Waals surface area contributed by atoms with E-state index in [0.717, 1.165) is 5.69 Å². The summed E-state index contributed by atoms with van der Waals surface area (Å²) in [5.74, 6) is 0.0381. The molecule has 1 aromatic heterocycles. The minimum absolute atomic E-state index is 0.0381. The molecule has 0 bridgehead atoms. The van der Waals surface area contributed by atoms with Gasteiger partial charge in [-0.15, -0.1) is 0 Å². The van der Waals surface area contributed by atoms with E-state index in [-0.39, 0.29) is 5.91 Å². The molecule has 10 heavy (non-hydrogen) atoms. The number of nitrogens with zero attached hydrogens (tertiary/aromatic N) is 2. The van der Waals surface area contributed by atoms with Crippen LogP contribution in [-0.4, -0.2) is 15.7 Å². The van der Waals surface area contributed by atoms with Crippen molar-refractivity contribution >= 4 is 5.91 Å². The molecular weight excluding hydrogens is 130 g/mol. The SMILES string of the molecule is O=C1Cn2nccc2CN1. The highest BCUT2D eigenvalue weighted by Gasteiger charge is 2.12. The third-order valence-corrected chi connectivity index (χ3v) is 1.56. The zero-order valence-corrected chi connectivity index (χ0v) is 5.37. The first-order valence-electron chi connectivity index (χ1n) is 3.13. The molecule has 1 amide bonds. The lowest BCUT2D eigenvalue weighted by atomic mass is 10.3. The normalized spacial score (nSPS) is 16.2.